The van der Waals surface area contributed by atoms with Crippen LogP contribution in [0.25, 0.3) is 0 Å². The van der Waals surface area contributed by atoms with Crippen molar-refractivity contribution in [2.45, 2.75) is 44.6 Å². The summed E-state index contributed by atoms with van der Waals surface area (Å²) in [6, 6.07) is 2.90. The third-order valence-corrected chi connectivity index (χ3v) is 4.77. The lowest BCUT2D eigenvalue weighted by molar-refractivity contribution is 0.186. The monoisotopic (exact) mass is 285 g/mol. The van der Waals surface area contributed by atoms with E-state index in [1.54, 1.807) is 12.4 Å². The number of anilines is 1. The van der Waals surface area contributed by atoms with Crippen molar-refractivity contribution in [2.75, 3.05) is 25.0 Å². The molecule has 21 heavy (non-hydrogen) atoms. The van der Waals surface area contributed by atoms with Crippen molar-refractivity contribution >= 4 is 5.82 Å². The predicted molar refractivity (Wildman–Crippen MR) is 81.8 cm³/mol. The number of hydrogen-bond acceptors (Lipinski definition) is 5. The van der Waals surface area contributed by atoms with E-state index in [0.29, 0.717) is 17.4 Å². The van der Waals surface area contributed by atoms with Crippen molar-refractivity contribution in [3.8, 4) is 6.07 Å². The van der Waals surface area contributed by atoms with Gasteiger partial charge in [-0.3, -0.25) is 0 Å². The second-order valence-electron chi connectivity index (χ2n) is 6.19. The lowest BCUT2D eigenvalue weighted by atomic mass is 9.94. The molecule has 3 rings (SSSR count). The van der Waals surface area contributed by atoms with Crippen LogP contribution in [0.1, 0.15) is 44.2 Å². The molecule has 0 spiro atoms. The molecular formula is C16H23N5. The highest BCUT2D eigenvalue weighted by Gasteiger charge is 2.28. The summed E-state index contributed by atoms with van der Waals surface area (Å²) in [5.74, 6) is 1.27. The summed E-state index contributed by atoms with van der Waals surface area (Å²) in [6.45, 7) is 3.29. The SMILES string of the molecule is N#Cc1nccnc1NC[C@H]1CCN(C2CCCCC2)C1. The largest absolute Gasteiger partial charge is 0.367 e. The number of likely N-dealkylation sites (tertiary alicyclic amines) is 1. The third kappa shape index (κ3) is 3.51. The van der Waals surface area contributed by atoms with Gasteiger partial charge in [0.2, 0.25) is 0 Å². The molecule has 1 aliphatic carbocycles. The number of nitrogens with zero attached hydrogens (tertiary/aromatic N) is 4. The Balaban J connectivity index is 1.50. The Kier molecular flexibility index (Phi) is 4.66. The quantitative estimate of drug-likeness (QED) is 0.920. The Hall–Kier alpha value is -1.67. The summed E-state index contributed by atoms with van der Waals surface area (Å²) in [6.07, 6.45) is 11.4. The predicted octanol–water partition coefficient (Wildman–Crippen LogP) is 2.41. The van der Waals surface area contributed by atoms with Gasteiger partial charge in [0.25, 0.3) is 0 Å². The van der Waals surface area contributed by atoms with E-state index in [4.69, 9.17) is 5.26 Å². The van der Waals surface area contributed by atoms with Crippen LogP contribution in [0.5, 0.6) is 0 Å². The van der Waals surface area contributed by atoms with Gasteiger partial charge in [-0.1, -0.05) is 19.3 Å². The minimum atomic E-state index is 0.389. The van der Waals surface area contributed by atoms with Gasteiger partial charge in [0.15, 0.2) is 11.5 Å². The molecule has 2 heterocycles. The zero-order valence-corrected chi connectivity index (χ0v) is 12.5. The molecule has 1 atom stereocenters. The molecule has 112 valence electrons. The molecule has 0 radical (unpaired) electrons. The van der Waals surface area contributed by atoms with Gasteiger partial charge in [0.05, 0.1) is 0 Å². The molecule has 0 amide bonds. The van der Waals surface area contributed by atoms with Gasteiger partial charge >= 0.3 is 0 Å². The van der Waals surface area contributed by atoms with Crippen LogP contribution in [0.3, 0.4) is 0 Å². The smallest absolute Gasteiger partial charge is 0.182 e. The van der Waals surface area contributed by atoms with Crippen LogP contribution >= 0.6 is 0 Å². The molecule has 2 fully saturated rings. The molecule has 1 saturated heterocycles. The van der Waals surface area contributed by atoms with Crippen molar-refractivity contribution in [2.24, 2.45) is 5.92 Å². The topological polar surface area (TPSA) is 64.8 Å². The molecule has 1 saturated carbocycles. The van der Waals surface area contributed by atoms with Crippen LogP contribution in [0, 0.1) is 17.2 Å². The molecule has 0 aromatic carbocycles. The zero-order chi connectivity index (χ0) is 14.5. The summed E-state index contributed by atoms with van der Waals surface area (Å²) in [7, 11) is 0. The molecule has 1 aliphatic heterocycles. The van der Waals surface area contributed by atoms with Crippen molar-refractivity contribution in [1.29, 1.82) is 5.26 Å². The van der Waals surface area contributed by atoms with E-state index >= 15 is 0 Å². The Morgan fingerprint density at radius 3 is 2.81 bits per heavy atom. The minimum Gasteiger partial charge on any atom is -0.367 e. The Bertz CT molecular complexity index is 504. The first kappa shape index (κ1) is 14.3. The molecule has 0 unspecified atom stereocenters. The van der Waals surface area contributed by atoms with E-state index in [9.17, 15) is 0 Å². The first-order chi connectivity index (χ1) is 10.4. The number of hydrogen-bond donors (Lipinski definition) is 1. The highest BCUT2D eigenvalue weighted by molar-refractivity contribution is 5.46. The van der Waals surface area contributed by atoms with Gasteiger partial charge in [-0.05, 0) is 31.7 Å². The molecule has 1 aromatic rings. The van der Waals surface area contributed by atoms with Crippen molar-refractivity contribution in [1.82, 2.24) is 14.9 Å². The average Bonchev–Trinajstić information content (AvgIpc) is 3.03. The van der Waals surface area contributed by atoms with Gasteiger partial charge in [0.1, 0.15) is 6.07 Å². The van der Waals surface area contributed by atoms with E-state index in [1.165, 1.54) is 51.6 Å². The number of nitrogens with one attached hydrogen (secondary N) is 1. The van der Waals surface area contributed by atoms with Crippen LogP contribution in [0.4, 0.5) is 5.82 Å². The maximum Gasteiger partial charge on any atom is 0.182 e. The summed E-state index contributed by atoms with van der Waals surface area (Å²) in [5, 5.41) is 12.3. The van der Waals surface area contributed by atoms with E-state index < -0.39 is 0 Å². The van der Waals surface area contributed by atoms with E-state index in [-0.39, 0.29) is 0 Å². The average molecular weight is 285 g/mol. The fraction of sp³-hybridized carbons (Fsp3) is 0.688. The Morgan fingerprint density at radius 2 is 2.00 bits per heavy atom. The maximum atomic E-state index is 9.02. The second kappa shape index (κ2) is 6.86. The van der Waals surface area contributed by atoms with E-state index in [0.717, 1.165) is 12.6 Å². The fourth-order valence-electron chi connectivity index (χ4n) is 3.60. The number of rotatable bonds is 4. The zero-order valence-electron chi connectivity index (χ0n) is 12.5. The number of aromatic nitrogens is 2. The summed E-state index contributed by atoms with van der Waals surface area (Å²) < 4.78 is 0. The molecule has 1 aromatic heterocycles. The molecule has 0 bridgehead atoms. The van der Waals surface area contributed by atoms with Crippen LogP contribution in [-0.4, -0.2) is 40.5 Å². The summed E-state index contributed by atoms with van der Waals surface area (Å²) >= 11 is 0. The third-order valence-electron chi connectivity index (χ3n) is 4.77. The minimum absolute atomic E-state index is 0.389. The Morgan fingerprint density at radius 1 is 1.19 bits per heavy atom. The van der Waals surface area contributed by atoms with Crippen LogP contribution in [0.15, 0.2) is 12.4 Å². The summed E-state index contributed by atoms with van der Waals surface area (Å²) in [4.78, 5) is 10.9. The van der Waals surface area contributed by atoms with Crippen LogP contribution in [0.2, 0.25) is 0 Å². The number of nitriles is 1. The highest BCUT2D eigenvalue weighted by atomic mass is 15.2. The van der Waals surface area contributed by atoms with Gasteiger partial charge in [-0.15, -0.1) is 0 Å². The first-order valence-corrected chi connectivity index (χ1v) is 8.06. The standard InChI is InChI=1S/C16H23N5/c17-10-15-16(19-8-7-18-15)20-11-13-6-9-21(12-13)14-4-2-1-3-5-14/h7-8,13-14H,1-6,9,11-12H2,(H,19,20)/t13-/m1/s1. The van der Waals surface area contributed by atoms with Crippen LogP contribution < -0.4 is 5.32 Å². The lowest BCUT2D eigenvalue weighted by Gasteiger charge is -2.31. The van der Waals surface area contributed by atoms with Gasteiger partial charge in [-0.25, -0.2) is 9.97 Å². The van der Waals surface area contributed by atoms with Gasteiger partial charge in [-0.2, -0.15) is 5.26 Å². The molecule has 5 heteroatoms. The fourth-order valence-corrected chi connectivity index (χ4v) is 3.60. The first-order valence-electron chi connectivity index (χ1n) is 8.06. The second-order valence-corrected chi connectivity index (χ2v) is 6.19. The van der Waals surface area contributed by atoms with Gasteiger partial charge in [0, 0.05) is 31.5 Å². The summed E-state index contributed by atoms with van der Waals surface area (Å²) in [5.41, 5.74) is 0.389. The normalized spacial score (nSPS) is 23.9. The van der Waals surface area contributed by atoms with Crippen molar-refractivity contribution < 1.29 is 0 Å². The van der Waals surface area contributed by atoms with Crippen molar-refractivity contribution in [3.05, 3.63) is 18.1 Å². The van der Waals surface area contributed by atoms with Gasteiger partial charge < -0.3 is 10.2 Å². The molecule has 1 N–H and O–H groups in total. The Labute approximate surface area is 126 Å². The molecular weight excluding hydrogens is 262 g/mol. The van der Waals surface area contributed by atoms with Crippen molar-refractivity contribution in [3.63, 3.8) is 0 Å². The van der Waals surface area contributed by atoms with Crippen LogP contribution in [-0.2, 0) is 0 Å². The van der Waals surface area contributed by atoms with E-state index in [1.807, 2.05) is 0 Å². The molecule has 2 aliphatic rings. The lowest BCUT2D eigenvalue weighted by Crippen LogP contribution is -2.35. The highest BCUT2D eigenvalue weighted by Crippen LogP contribution is 2.27. The molecule has 5 nitrogen and oxygen atoms in total. The van der Waals surface area contributed by atoms with E-state index in [2.05, 4.69) is 26.3 Å². The maximum absolute atomic E-state index is 9.02.